The molecule has 0 spiro atoms. The summed E-state index contributed by atoms with van der Waals surface area (Å²) in [5.41, 5.74) is 12.6. The van der Waals surface area contributed by atoms with Gasteiger partial charge in [0.1, 0.15) is 22.8 Å². The molecule has 3 heterocycles. The van der Waals surface area contributed by atoms with Crippen LogP contribution >= 0.6 is 11.6 Å². The first-order valence-electron chi connectivity index (χ1n) is 11.2. The van der Waals surface area contributed by atoms with Crippen molar-refractivity contribution in [2.75, 3.05) is 18.8 Å². The highest BCUT2D eigenvalue weighted by Gasteiger charge is 2.29. The molecule has 1 aromatic carbocycles. The largest absolute Gasteiger partial charge is 0.436 e. The molecule has 0 aliphatic carbocycles. The SMILES string of the molecule is NC(=O)c1c(-c2ccc(Oc3ncc(Cl)cc3F)cc2)nn([C@@H]2CCCN(C(=O)/C=C/C(F)F)C2)c1N. The van der Waals surface area contributed by atoms with E-state index in [1.54, 1.807) is 12.1 Å². The van der Waals surface area contributed by atoms with E-state index in [0.29, 0.717) is 31.0 Å². The number of aromatic nitrogens is 3. The van der Waals surface area contributed by atoms with Crippen LogP contribution < -0.4 is 16.2 Å². The maximum atomic E-state index is 14.0. The zero-order chi connectivity index (χ0) is 26.7. The molecule has 0 saturated carbocycles. The fourth-order valence-electron chi connectivity index (χ4n) is 4.06. The summed E-state index contributed by atoms with van der Waals surface area (Å²) in [6.45, 7) is 0.562. The number of hydrogen-bond acceptors (Lipinski definition) is 6. The van der Waals surface area contributed by atoms with Crippen LogP contribution in [0.2, 0.25) is 5.02 Å². The number of nitrogens with two attached hydrogens (primary N) is 2. The normalized spacial score (nSPS) is 15.9. The molecule has 3 aromatic rings. The van der Waals surface area contributed by atoms with Crippen molar-refractivity contribution < 1.29 is 27.5 Å². The number of rotatable bonds is 7. The molecular weight excluding hydrogens is 513 g/mol. The summed E-state index contributed by atoms with van der Waals surface area (Å²) in [7, 11) is 0. The minimum atomic E-state index is -2.73. The number of carbonyl (C=O) groups is 2. The average Bonchev–Trinajstić information content (AvgIpc) is 3.22. The van der Waals surface area contributed by atoms with Gasteiger partial charge in [-0.05, 0) is 49.2 Å². The highest BCUT2D eigenvalue weighted by molar-refractivity contribution is 6.30. The Morgan fingerprint density at radius 3 is 2.62 bits per heavy atom. The molecule has 194 valence electrons. The number of likely N-dealkylation sites (tertiary alicyclic amines) is 1. The van der Waals surface area contributed by atoms with Gasteiger partial charge in [0.15, 0.2) is 5.82 Å². The molecule has 1 atom stereocenters. The molecule has 1 fully saturated rings. The number of allylic oxidation sites excluding steroid dienone is 1. The first kappa shape index (κ1) is 26.0. The fraction of sp³-hybridized carbons (Fsp3) is 0.250. The predicted octanol–water partition coefficient (Wildman–Crippen LogP) is 4.20. The van der Waals surface area contributed by atoms with Crippen molar-refractivity contribution >= 4 is 29.2 Å². The van der Waals surface area contributed by atoms with Gasteiger partial charge >= 0.3 is 0 Å². The van der Waals surface area contributed by atoms with E-state index in [-0.39, 0.29) is 40.3 Å². The summed E-state index contributed by atoms with van der Waals surface area (Å²) < 4.78 is 45.8. The Balaban J connectivity index is 1.59. The van der Waals surface area contributed by atoms with E-state index >= 15 is 0 Å². The van der Waals surface area contributed by atoms with Gasteiger partial charge in [0.2, 0.25) is 5.91 Å². The number of halogens is 4. The summed E-state index contributed by atoms with van der Waals surface area (Å²) in [6.07, 6.45) is 1.07. The maximum Gasteiger partial charge on any atom is 0.257 e. The fourth-order valence-corrected chi connectivity index (χ4v) is 4.20. The number of alkyl halides is 2. The van der Waals surface area contributed by atoms with E-state index < -0.39 is 30.1 Å². The quantitative estimate of drug-likeness (QED) is 0.437. The van der Waals surface area contributed by atoms with Crippen molar-refractivity contribution in [1.82, 2.24) is 19.7 Å². The number of ether oxygens (including phenoxy) is 1. The van der Waals surface area contributed by atoms with E-state index in [1.165, 1.54) is 27.9 Å². The highest BCUT2D eigenvalue weighted by atomic mass is 35.5. The van der Waals surface area contributed by atoms with Gasteiger partial charge in [0.05, 0.1) is 11.1 Å². The molecule has 13 heteroatoms. The van der Waals surface area contributed by atoms with Crippen molar-refractivity contribution in [3.63, 3.8) is 0 Å². The number of nitrogens with zero attached hydrogens (tertiary/aromatic N) is 4. The Morgan fingerprint density at radius 2 is 1.97 bits per heavy atom. The minimum absolute atomic E-state index is 0.000117. The lowest BCUT2D eigenvalue weighted by Gasteiger charge is -2.32. The van der Waals surface area contributed by atoms with Crippen molar-refractivity contribution in [3.05, 3.63) is 65.1 Å². The Kier molecular flexibility index (Phi) is 7.67. The Labute approximate surface area is 214 Å². The number of amides is 2. The number of benzene rings is 1. The molecule has 0 bridgehead atoms. The van der Waals surface area contributed by atoms with E-state index in [9.17, 15) is 22.8 Å². The van der Waals surface area contributed by atoms with E-state index in [1.807, 2.05) is 0 Å². The van der Waals surface area contributed by atoms with Crippen LogP contribution in [0.15, 0.2) is 48.7 Å². The number of piperidine rings is 1. The van der Waals surface area contributed by atoms with Crippen molar-refractivity contribution in [3.8, 4) is 22.9 Å². The van der Waals surface area contributed by atoms with Crippen molar-refractivity contribution in [1.29, 1.82) is 0 Å². The molecular formula is C24H22ClF3N6O3. The molecule has 0 radical (unpaired) electrons. The second kappa shape index (κ2) is 10.9. The van der Waals surface area contributed by atoms with Crippen LogP contribution in [-0.2, 0) is 4.79 Å². The van der Waals surface area contributed by atoms with Gasteiger partial charge in [0.25, 0.3) is 18.2 Å². The molecule has 4 N–H and O–H groups in total. The molecule has 1 aliphatic heterocycles. The minimum Gasteiger partial charge on any atom is -0.436 e. The topological polar surface area (TPSA) is 129 Å². The van der Waals surface area contributed by atoms with Gasteiger partial charge in [-0.1, -0.05) is 11.6 Å². The smallest absolute Gasteiger partial charge is 0.257 e. The molecule has 0 unspecified atom stereocenters. The van der Waals surface area contributed by atoms with E-state index in [2.05, 4.69) is 10.1 Å². The third-order valence-electron chi connectivity index (χ3n) is 5.75. The Morgan fingerprint density at radius 1 is 1.24 bits per heavy atom. The van der Waals surface area contributed by atoms with E-state index in [0.717, 1.165) is 12.1 Å². The molecule has 4 rings (SSSR count). The number of primary amides is 1. The van der Waals surface area contributed by atoms with Gasteiger partial charge in [-0.2, -0.15) is 5.10 Å². The lowest BCUT2D eigenvalue weighted by molar-refractivity contribution is -0.127. The van der Waals surface area contributed by atoms with Crippen molar-refractivity contribution in [2.24, 2.45) is 5.73 Å². The number of nitrogen functional groups attached to an aromatic ring is 1. The first-order chi connectivity index (χ1) is 17.6. The standard InChI is InChI=1S/C24H22ClF3N6O3/c25-14-10-17(26)24(31-11-14)37-16-5-3-13(4-6-16)21-20(23(30)36)22(29)34(32-21)15-2-1-9-33(12-15)19(35)8-7-18(27)28/h3-8,10-11,15,18H,1-2,9,12,29H2,(H2,30,36)/b8-7+/t15-/m1/s1. The lowest BCUT2D eigenvalue weighted by atomic mass is 10.1. The monoisotopic (exact) mass is 534 g/mol. The second-order valence-electron chi connectivity index (χ2n) is 8.26. The maximum absolute atomic E-state index is 14.0. The first-order valence-corrected chi connectivity index (χ1v) is 11.5. The van der Waals surface area contributed by atoms with Crippen LogP contribution in [0.1, 0.15) is 29.2 Å². The van der Waals surface area contributed by atoms with Crippen LogP contribution in [-0.4, -0.2) is 51.0 Å². The van der Waals surface area contributed by atoms with Crippen LogP contribution in [0.4, 0.5) is 19.0 Å². The molecule has 2 aromatic heterocycles. The number of pyridine rings is 1. The molecule has 9 nitrogen and oxygen atoms in total. The Hall–Kier alpha value is -4.06. The molecule has 2 amide bonds. The summed E-state index contributed by atoms with van der Waals surface area (Å²) in [4.78, 5) is 29.8. The molecule has 1 saturated heterocycles. The van der Waals surface area contributed by atoms with E-state index in [4.69, 9.17) is 27.8 Å². The van der Waals surface area contributed by atoms with Gasteiger partial charge in [-0.25, -0.2) is 22.8 Å². The summed E-state index contributed by atoms with van der Waals surface area (Å²) in [5.74, 6) is -2.04. The van der Waals surface area contributed by atoms with Crippen LogP contribution in [0.25, 0.3) is 11.3 Å². The Bertz CT molecular complexity index is 1350. The summed E-state index contributed by atoms with van der Waals surface area (Å²) in [6, 6.07) is 6.91. The zero-order valence-electron chi connectivity index (χ0n) is 19.3. The number of anilines is 1. The van der Waals surface area contributed by atoms with Crippen LogP contribution in [0.5, 0.6) is 11.6 Å². The third-order valence-corrected chi connectivity index (χ3v) is 5.96. The molecule has 1 aliphatic rings. The van der Waals surface area contributed by atoms with Crippen LogP contribution in [0.3, 0.4) is 0 Å². The predicted molar refractivity (Wildman–Crippen MR) is 130 cm³/mol. The average molecular weight is 535 g/mol. The summed E-state index contributed by atoms with van der Waals surface area (Å²) >= 11 is 5.70. The van der Waals surface area contributed by atoms with Crippen molar-refractivity contribution in [2.45, 2.75) is 25.3 Å². The third kappa shape index (κ3) is 5.85. The zero-order valence-corrected chi connectivity index (χ0v) is 20.0. The van der Waals surface area contributed by atoms with Gasteiger partial charge in [-0.3, -0.25) is 9.59 Å². The number of hydrogen-bond donors (Lipinski definition) is 2. The number of carbonyl (C=O) groups excluding carboxylic acids is 2. The van der Waals surface area contributed by atoms with Gasteiger partial charge < -0.3 is 21.1 Å². The van der Waals surface area contributed by atoms with Gasteiger partial charge in [-0.15, -0.1) is 0 Å². The summed E-state index contributed by atoms with van der Waals surface area (Å²) in [5, 5.41) is 4.64. The van der Waals surface area contributed by atoms with Gasteiger partial charge in [0, 0.05) is 30.9 Å². The molecule has 37 heavy (non-hydrogen) atoms. The highest BCUT2D eigenvalue weighted by Crippen LogP contribution is 2.33. The second-order valence-corrected chi connectivity index (χ2v) is 8.69. The lowest BCUT2D eigenvalue weighted by Crippen LogP contribution is -2.40. The van der Waals surface area contributed by atoms with Crippen LogP contribution in [0, 0.1) is 5.82 Å².